The zero-order valence-corrected chi connectivity index (χ0v) is 12.6. The van der Waals surface area contributed by atoms with E-state index in [0.29, 0.717) is 6.61 Å². The van der Waals surface area contributed by atoms with Crippen LogP contribution in [0.5, 0.6) is 0 Å². The number of benzene rings is 2. The maximum Gasteiger partial charge on any atom is 0.315 e. The summed E-state index contributed by atoms with van der Waals surface area (Å²) in [6.45, 7) is 2.32. The first kappa shape index (κ1) is 15.8. The Kier molecular flexibility index (Phi) is 5.73. The summed E-state index contributed by atoms with van der Waals surface area (Å²) in [7, 11) is 0. The third-order valence-electron chi connectivity index (χ3n) is 3.49. The molecular formula is C19H19NO2. The van der Waals surface area contributed by atoms with Gasteiger partial charge in [-0.15, -0.1) is 0 Å². The fourth-order valence-electron chi connectivity index (χ4n) is 2.42. The molecule has 0 saturated carbocycles. The van der Waals surface area contributed by atoms with Gasteiger partial charge < -0.3 is 4.74 Å². The second kappa shape index (κ2) is 7.99. The van der Waals surface area contributed by atoms with Crippen LogP contribution in [0.25, 0.3) is 0 Å². The monoisotopic (exact) mass is 293 g/mol. The number of esters is 1. The SMILES string of the molecule is CCCOC(=O)C(c1ccccc1)C(C#N)c1ccccc1. The molecular weight excluding hydrogens is 274 g/mol. The summed E-state index contributed by atoms with van der Waals surface area (Å²) in [4.78, 5) is 12.5. The average molecular weight is 293 g/mol. The normalized spacial score (nSPS) is 12.9. The Hall–Kier alpha value is -2.60. The molecule has 0 aliphatic rings. The Balaban J connectivity index is 2.39. The molecule has 112 valence electrons. The summed E-state index contributed by atoms with van der Waals surface area (Å²) in [5, 5.41) is 9.63. The van der Waals surface area contributed by atoms with Crippen LogP contribution in [0.15, 0.2) is 60.7 Å². The topological polar surface area (TPSA) is 50.1 Å². The van der Waals surface area contributed by atoms with Crippen LogP contribution >= 0.6 is 0 Å². The molecule has 2 atom stereocenters. The molecule has 22 heavy (non-hydrogen) atoms. The van der Waals surface area contributed by atoms with Gasteiger partial charge in [-0.1, -0.05) is 67.6 Å². The van der Waals surface area contributed by atoms with Crippen molar-refractivity contribution in [3.05, 3.63) is 71.8 Å². The first-order valence-electron chi connectivity index (χ1n) is 7.44. The van der Waals surface area contributed by atoms with Crippen molar-refractivity contribution in [2.45, 2.75) is 25.2 Å². The Bertz CT molecular complexity index is 631. The lowest BCUT2D eigenvalue weighted by Crippen LogP contribution is -2.22. The first-order valence-corrected chi connectivity index (χ1v) is 7.44. The number of rotatable bonds is 6. The summed E-state index contributed by atoms with van der Waals surface area (Å²) in [5.41, 5.74) is 1.63. The van der Waals surface area contributed by atoms with Crippen LogP contribution in [-0.4, -0.2) is 12.6 Å². The van der Waals surface area contributed by atoms with E-state index in [1.165, 1.54) is 0 Å². The first-order chi connectivity index (χ1) is 10.8. The van der Waals surface area contributed by atoms with E-state index in [1.54, 1.807) is 0 Å². The zero-order chi connectivity index (χ0) is 15.8. The Labute approximate surface area is 131 Å². The van der Waals surface area contributed by atoms with Crippen molar-refractivity contribution in [2.75, 3.05) is 6.61 Å². The fourth-order valence-corrected chi connectivity index (χ4v) is 2.42. The van der Waals surface area contributed by atoms with Gasteiger partial charge in [0.2, 0.25) is 0 Å². The van der Waals surface area contributed by atoms with Crippen molar-refractivity contribution in [3.63, 3.8) is 0 Å². The van der Waals surface area contributed by atoms with E-state index in [9.17, 15) is 10.1 Å². The Morgan fingerprint density at radius 2 is 1.59 bits per heavy atom. The molecule has 2 aromatic carbocycles. The number of ether oxygens (including phenoxy) is 1. The third-order valence-corrected chi connectivity index (χ3v) is 3.49. The average Bonchev–Trinajstić information content (AvgIpc) is 2.59. The van der Waals surface area contributed by atoms with E-state index in [1.807, 2.05) is 67.6 Å². The minimum absolute atomic E-state index is 0.344. The van der Waals surface area contributed by atoms with Crippen LogP contribution in [-0.2, 0) is 9.53 Å². The molecule has 0 amide bonds. The van der Waals surface area contributed by atoms with Gasteiger partial charge in [0.25, 0.3) is 0 Å². The molecule has 0 radical (unpaired) electrons. The molecule has 0 heterocycles. The van der Waals surface area contributed by atoms with E-state index in [4.69, 9.17) is 4.74 Å². The maximum absolute atomic E-state index is 12.5. The van der Waals surface area contributed by atoms with Crippen LogP contribution in [0.3, 0.4) is 0 Å². The lowest BCUT2D eigenvalue weighted by atomic mass is 9.82. The van der Waals surface area contributed by atoms with Gasteiger partial charge in [-0.3, -0.25) is 4.79 Å². The van der Waals surface area contributed by atoms with E-state index < -0.39 is 11.8 Å². The number of hydrogen-bond acceptors (Lipinski definition) is 3. The van der Waals surface area contributed by atoms with Gasteiger partial charge >= 0.3 is 5.97 Å². The largest absolute Gasteiger partial charge is 0.465 e. The van der Waals surface area contributed by atoms with Crippen molar-refractivity contribution in [1.82, 2.24) is 0 Å². The van der Waals surface area contributed by atoms with Crippen molar-refractivity contribution in [2.24, 2.45) is 0 Å². The molecule has 0 saturated heterocycles. The lowest BCUT2D eigenvalue weighted by Gasteiger charge is -2.21. The highest BCUT2D eigenvalue weighted by Gasteiger charge is 2.32. The minimum atomic E-state index is -0.611. The van der Waals surface area contributed by atoms with Crippen molar-refractivity contribution < 1.29 is 9.53 Å². The van der Waals surface area contributed by atoms with Gasteiger partial charge in [0.05, 0.1) is 18.6 Å². The highest BCUT2D eigenvalue weighted by atomic mass is 16.5. The summed E-state index contributed by atoms with van der Waals surface area (Å²) in [5.74, 6) is -1.52. The Morgan fingerprint density at radius 3 is 2.09 bits per heavy atom. The highest BCUT2D eigenvalue weighted by Crippen LogP contribution is 2.33. The molecule has 2 unspecified atom stereocenters. The third kappa shape index (κ3) is 3.73. The molecule has 0 aliphatic carbocycles. The van der Waals surface area contributed by atoms with Gasteiger partial charge in [0, 0.05) is 0 Å². The number of hydrogen-bond donors (Lipinski definition) is 0. The maximum atomic E-state index is 12.5. The molecule has 0 bridgehead atoms. The zero-order valence-electron chi connectivity index (χ0n) is 12.6. The van der Waals surface area contributed by atoms with Crippen molar-refractivity contribution >= 4 is 5.97 Å². The van der Waals surface area contributed by atoms with Crippen LogP contribution in [0.2, 0.25) is 0 Å². The quantitative estimate of drug-likeness (QED) is 0.755. The van der Waals surface area contributed by atoms with Crippen molar-refractivity contribution in [1.29, 1.82) is 5.26 Å². The van der Waals surface area contributed by atoms with Crippen molar-refractivity contribution in [3.8, 4) is 6.07 Å². The number of nitriles is 1. The second-order valence-corrected chi connectivity index (χ2v) is 5.07. The highest BCUT2D eigenvalue weighted by molar-refractivity contribution is 5.80. The van der Waals surface area contributed by atoms with Gasteiger partial charge in [0.15, 0.2) is 0 Å². The van der Waals surface area contributed by atoms with Crippen LogP contribution in [0.1, 0.15) is 36.3 Å². The number of carbonyl (C=O) groups is 1. The predicted molar refractivity (Wildman–Crippen MR) is 85.2 cm³/mol. The molecule has 0 aromatic heterocycles. The summed E-state index contributed by atoms with van der Waals surface area (Å²) in [6, 6.07) is 21.0. The summed E-state index contributed by atoms with van der Waals surface area (Å²) >= 11 is 0. The van der Waals surface area contributed by atoms with Crippen LogP contribution in [0, 0.1) is 11.3 Å². The molecule has 2 rings (SSSR count). The molecule has 0 fully saturated rings. The molecule has 0 aliphatic heterocycles. The standard InChI is InChI=1S/C19H19NO2/c1-2-13-22-19(21)18(16-11-7-4-8-12-16)17(14-20)15-9-5-3-6-10-15/h3-12,17-18H,2,13H2,1H3. The van der Waals surface area contributed by atoms with Gasteiger partial charge in [0.1, 0.15) is 5.92 Å². The lowest BCUT2D eigenvalue weighted by molar-refractivity contribution is -0.145. The number of carbonyl (C=O) groups excluding carboxylic acids is 1. The molecule has 2 aromatic rings. The number of nitrogens with zero attached hydrogens (tertiary/aromatic N) is 1. The van der Waals surface area contributed by atoms with E-state index >= 15 is 0 Å². The molecule has 3 heteroatoms. The van der Waals surface area contributed by atoms with Gasteiger partial charge in [-0.2, -0.15) is 5.26 Å². The summed E-state index contributed by atoms with van der Waals surface area (Å²) < 4.78 is 5.32. The van der Waals surface area contributed by atoms with Gasteiger partial charge in [-0.05, 0) is 17.5 Å². The van der Waals surface area contributed by atoms with Gasteiger partial charge in [-0.25, -0.2) is 0 Å². The van der Waals surface area contributed by atoms with E-state index in [0.717, 1.165) is 17.5 Å². The van der Waals surface area contributed by atoms with E-state index in [2.05, 4.69) is 6.07 Å². The Morgan fingerprint density at radius 1 is 1.05 bits per heavy atom. The summed E-state index contributed by atoms with van der Waals surface area (Å²) in [6.07, 6.45) is 0.760. The second-order valence-electron chi connectivity index (χ2n) is 5.07. The molecule has 3 nitrogen and oxygen atoms in total. The fraction of sp³-hybridized carbons (Fsp3) is 0.263. The van der Waals surface area contributed by atoms with Crippen LogP contribution in [0.4, 0.5) is 0 Å². The minimum Gasteiger partial charge on any atom is -0.465 e. The smallest absolute Gasteiger partial charge is 0.315 e. The van der Waals surface area contributed by atoms with E-state index in [-0.39, 0.29) is 5.97 Å². The van der Waals surface area contributed by atoms with Crippen LogP contribution < -0.4 is 0 Å². The molecule has 0 spiro atoms. The predicted octanol–water partition coefficient (Wildman–Crippen LogP) is 4.03. The molecule has 0 N–H and O–H groups in total.